The molecule has 0 bridgehead atoms. The van der Waals surface area contributed by atoms with Crippen molar-refractivity contribution in [3.63, 3.8) is 0 Å². The van der Waals surface area contributed by atoms with Gasteiger partial charge >= 0.3 is 0 Å². The quantitative estimate of drug-likeness (QED) is 0.358. The molecule has 0 radical (unpaired) electrons. The van der Waals surface area contributed by atoms with Crippen LogP contribution >= 0.6 is 27.5 Å². The fraction of sp³-hybridized carbons (Fsp3) is 0.292. The number of rotatable bonds is 6. The highest BCUT2D eigenvalue weighted by molar-refractivity contribution is 9.10. The van der Waals surface area contributed by atoms with E-state index in [9.17, 15) is 9.59 Å². The van der Waals surface area contributed by atoms with Crippen LogP contribution in [0.3, 0.4) is 0 Å². The van der Waals surface area contributed by atoms with Crippen LogP contribution in [-0.4, -0.2) is 55.4 Å². The maximum Gasteiger partial charge on any atom is 0.274 e. The fourth-order valence-corrected chi connectivity index (χ4v) is 4.79. The average molecular weight is 573 g/mol. The van der Waals surface area contributed by atoms with E-state index >= 15 is 0 Å². The molecule has 12 heteroatoms. The molecule has 1 fully saturated rings. The molecule has 4 aromatic rings. The molecule has 1 unspecified atom stereocenters. The normalized spacial score (nSPS) is 15.7. The minimum atomic E-state index is -0.491. The highest BCUT2D eigenvalue weighted by Crippen LogP contribution is 2.26. The molecule has 2 amide bonds. The molecule has 186 valence electrons. The van der Waals surface area contributed by atoms with Gasteiger partial charge in [-0.2, -0.15) is 10.2 Å². The van der Waals surface area contributed by atoms with Gasteiger partial charge < -0.3 is 15.4 Å². The maximum atomic E-state index is 13.5. The predicted octanol–water partition coefficient (Wildman–Crippen LogP) is 4.19. The smallest absolute Gasteiger partial charge is 0.274 e. The van der Waals surface area contributed by atoms with Gasteiger partial charge in [0.25, 0.3) is 11.8 Å². The summed E-state index contributed by atoms with van der Waals surface area (Å²) >= 11 is 9.63. The Morgan fingerprint density at radius 1 is 1.22 bits per heavy atom. The number of amides is 2. The Balaban J connectivity index is 1.49. The third-order valence-corrected chi connectivity index (χ3v) is 6.63. The van der Waals surface area contributed by atoms with Crippen LogP contribution in [0.4, 0.5) is 5.69 Å². The third-order valence-electron chi connectivity index (χ3n) is 5.95. The molecule has 1 atom stereocenters. The molecule has 36 heavy (non-hydrogen) atoms. The lowest BCUT2D eigenvalue weighted by Crippen LogP contribution is -2.37. The molecule has 10 nitrogen and oxygen atoms in total. The van der Waals surface area contributed by atoms with Crippen molar-refractivity contribution in [1.82, 2.24) is 29.7 Å². The van der Waals surface area contributed by atoms with Gasteiger partial charge in [0.1, 0.15) is 10.3 Å². The number of nitrogens with one attached hydrogen (secondary N) is 2. The summed E-state index contributed by atoms with van der Waals surface area (Å²) in [5, 5.41) is 14.8. The topological polar surface area (TPSA) is 115 Å². The van der Waals surface area contributed by atoms with Crippen molar-refractivity contribution in [2.24, 2.45) is 0 Å². The van der Waals surface area contributed by atoms with E-state index in [1.54, 1.807) is 36.7 Å². The summed E-state index contributed by atoms with van der Waals surface area (Å²) < 4.78 is 9.04. The van der Waals surface area contributed by atoms with Crippen LogP contribution < -0.4 is 10.6 Å². The first-order valence-electron chi connectivity index (χ1n) is 11.5. The van der Waals surface area contributed by atoms with Crippen LogP contribution in [0.25, 0.3) is 11.3 Å². The first kappa shape index (κ1) is 24.4. The SMILES string of the molecule is Cc1cc2ccnn2c(C(=O)NCC2CCCCO2)c1NC(=O)c1cc(Br)nn1-c1ncccc1Cl. The van der Waals surface area contributed by atoms with Gasteiger partial charge in [-0.25, -0.2) is 14.2 Å². The van der Waals surface area contributed by atoms with Gasteiger partial charge in [0.05, 0.1) is 28.5 Å². The minimum absolute atomic E-state index is 0.0338. The fourth-order valence-electron chi connectivity index (χ4n) is 4.21. The largest absolute Gasteiger partial charge is 0.376 e. The standard InChI is InChI=1S/C24H23BrClN7O3/c1-14-11-15-7-9-29-32(15)21(24(35)28-13-16-5-2-3-10-36-16)20(14)30-23(34)18-12-19(25)31-33(18)22-17(26)6-4-8-27-22/h4,6-9,11-12,16H,2-3,5,10,13H2,1H3,(H,28,35)(H,30,34). The Morgan fingerprint density at radius 3 is 2.86 bits per heavy atom. The van der Waals surface area contributed by atoms with E-state index in [1.165, 1.54) is 9.20 Å². The Hall–Kier alpha value is -3.28. The zero-order valence-corrected chi connectivity index (χ0v) is 21.7. The zero-order chi connectivity index (χ0) is 25.2. The van der Waals surface area contributed by atoms with Gasteiger partial charge in [0.2, 0.25) is 0 Å². The summed E-state index contributed by atoms with van der Waals surface area (Å²) in [6, 6.07) is 8.56. The number of aryl methyl sites for hydroxylation is 1. The Labute approximate surface area is 220 Å². The third kappa shape index (κ3) is 4.86. The minimum Gasteiger partial charge on any atom is -0.376 e. The summed E-state index contributed by atoms with van der Waals surface area (Å²) in [6.45, 7) is 2.90. The summed E-state index contributed by atoms with van der Waals surface area (Å²) in [5.41, 5.74) is 2.19. The van der Waals surface area contributed by atoms with Gasteiger partial charge in [-0.1, -0.05) is 11.6 Å². The van der Waals surface area contributed by atoms with E-state index in [2.05, 4.69) is 41.7 Å². The molecule has 5 heterocycles. The van der Waals surface area contributed by atoms with Gasteiger partial charge in [-0.3, -0.25) is 9.59 Å². The number of carbonyl (C=O) groups is 2. The number of carbonyl (C=O) groups excluding carboxylic acids is 2. The van der Waals surface area contributed by atoms with Gasteiger partial charge in [0, 0.05) is 25.4 Å². The lowest BCUT2D eigenvalue weighted by atomic mass is 10.1. The van der Waals surface area contributed by atoms with Crippen LogP contribution in [0.5, 0.6) is 0 Å². The summed E-state index contributed by atoms with van der Waals surface area (Å²) in [4.78, 5) is 31.1. The Kier molecular flexibility index (Phi) is 7.04. The van der Waals surface area contributed by atoms with E-state index in [1.807, 2.05) is 13.0 Å². The van der Waals surface area contributed by atoms with Crippen molar-refractivity contribution in [3.8, 4) is 5.82 Å². The monoisotopic (exact) mass is 571 g/mol. The molecule has 1 saturated heterocycles. The lowest BCUT2D eigenvalue weighted by molar-refractivity contribution is 0.0168. The second-order valence-electron chi connectivity index (χ2n) is 8.44. The number of anilines is 1. The van der Waals surface area contributed by atoms with E-state index in [0.29, 0.717) is 39.8 Å². The number of fused-ring (bicyclic) bond motifs is 1. The Morgan fingerprint density at radius 2 is 2.08 bits per heavy atom. The number of hydrogen-bond donors (Lipinski definition) is 2. The number of pyridine rings is 2. The number of hydrogen-bond acceptors (Lipinski definition) is 6. The van der Waals surface area contributed by atoms with E-state index in [0.717, 1.165) is 24.8 Å². The summed E-state index contributed by atoms with van der Waals surface area (Å²) in [7, 11) is 0. The first-order valence-corrected chi connectivity index (χ1v) is 12.6. The van der Waals surface area contributed by atoms with E-state index in [-0.39, 0.29) is 23.4 Å². The molecule has 2 N–H and O–H groups in total. The lowest BCUT2D eigenvalue weighted by Gasteiger charge is -2.23. The van der Waals surface area contributed by atoms with E-state index < -0.39 is 5.91 Å². The van der Waals surface area contributed by atoms with Gasteiger partial charge in [-0.05, 0) is 71.9 Å². The van der Waals surface area contributed by atoms with Crippen LogP contribution in [0, 0.1) is 6.92 Å². The molecule has 0 spiro atoms. The predicted molar refractivity (Wildman–Crippen MR) is 138 cm³/mol. The highest BCUT2D eigenvalue weighted by Gasteiger charge is 2.25. The molecule has 0 saturated carbocycles. The van der Waals surface area contributed by atoms with Gasteiger partial charge in [-0.15, -0.1) is 0 Å². The van der Waals surface area contributed by atoms with E-state index in [4.69, 9.17) is 16.3 Å². The second kappa shape index (κ2) is 10.4. The maximum absolute atomic E-state index is 13.5. The van der Waals surface area contributed by atoms with Crippen LogP contribution in [0.2, 0.25) is 5.02 Å². The van der Waals surface area contributed by atoms with Crippen molar-refractivity contribution in [2.45, 2.75) is 32.3 Å². The molecule has 1 aliphatic heterocycles. The zero-order valence-electron chi connectivity index (χ0n) is 19.4. The molecular formula is C24H23BrClN7O3. The first-order chi connectivity index (χ1) is 17.4. The number of aromatic nitrogens is 5. The van der Waals surface area contributed by atoms with Gasteiger partial charge in [0.15, 0.2) is 11.5 Å². The Bertz CT molecular complexity index is 1450. The number of halogens is 2. The second-order valence-corrected chi connectivity index (χ2v) is 9.66. The highest BCUT2D eigenvalue weighted by atomic mass is 79.9. The van der Waals surface area contributed by atoms with Crippen molar-refractivity contribution >= 4 is 50.5 Å². The van der Waals surface area contributed by atoms with Crippen molar-refractivity contribution in [2.75, 3.05) is 18.5 Å². The van der Waals surface area contributed by atoms with Crippen molar-refractivity contribution < 1.29 is 14.3 Å². The van der Waals surface area contributed by atoms with Crippen LogP contribution in [-0.2, 0) is 4.74 Å². The number of ether oxygens (including phenoxy) is 1. The van der Waals surface area contributed by atoms with Crippen LogP contribution in [0.1, 0.15) is 45.8 Å². The summed E-state index contributed by atoms with van der Waals surface area (Å²) in [5.74, 6) is -0.548. The average Bonchev–Trinajstić information content (AvgIpc) is 3.50. The number of nitrogens with zero attached hydrogens (tertiary/aromatic N) is 5. The van der Waals surface area contributed by atoms with Crippen molar-refractivity contribution in [3.05, 3.63) is 69.3 Å². The van der Waals surface area contributed by atoms with Crippen molar-refractivity contribution in [1.29, 1.82) is 0 Å². The summed E-state index contributed by atoms with van der Waals surface area (Å²) in [6.07, 6.45) is 6.13. The molecular weight excluding hydrogens is 550 g/mol. The molecule has 4 aromatic heterocycles. The van der Waals surface area contributed by atoms with Crippen LogP contribution in [0.15, 0.2) is 47.3 Å². The molecule has 1 aliphatic rings. The molecule has 5 rings (SSSR count). The molecule has 0 aromatic carbocycles. The molecule has 0 aliphatic carbocycles.